The zero-order chi connectivity index (χ0) is 19.8. The molecule has 2 N–H and O–H groups in total. The van der Waals surface area contributed by atoms with E-state index in [0.29, 0.717) is 12.2 Å². The highest BCUT2D eigenvalue weighted by atomic mass is 32.2. The van der Waals surface area contributed by atoms with Crippen molar-refractivity contribution in [3.8, 4) is 0 Å². The fourth-order valence-corrected chi connectivity index (χ4v) is 3.85. The summed E-state index contributed by atoms with van der Waals surface area (Å²) in [6, 6.07) is 15.5. The second kappa shape index (κ2) is 10.3. The summed E-state index contributed by atoms with van der Waals surface area (Å²) in [5.41, 5.74) is 2.88. The van der Waals surface area contributed by atoms with Crippen molar-refractivity contribution in [1.29, 1.82) is 0 Å². The topological polar surface area (TPSA) is 61.4 Å². The normalized spacial score (nSPS) is 14.5. The Kier molecular flexibility index (Phi) is 7.51. The molecule has 0 aliphatic carbocycles. The van der Waals surface area contributed by atoms with Crippen molar-refractivity contribution in [2.75, 3.05) is 24.7 Å². The number of carbonyl (C=O) groups excluding carboxylic acids is 2. The zero-order valence-electron chi connectivity index (χ0n) is 16.2. The fraction of sp³-hybridized carbons (Fsp3) is 0.364. The average molecular weight is 398 g/mol. The van der Waals surface area contributed by atoms with Gasteiger partial charge in [0.2, 0.25) is 0 Å². The van der Waals surface area contributed by atoms with E-state index in [-0.39, 0.29) is 0 Å². The minimum Gasteiger partial charge on any atom is -0.344 e. The third-order valence-electron chi connectivity index (χ3n) is 4.93. The van der Waals surface area contributed by atoms with Crippen LogP contribution in [0.25, 0.3) is 0 Å². The van der Waals surface area contributed by atoms with Crippen LogP contribution >= 0.6 is 11.8 Å². The van der Waals surface area contributed by atoms with E-state index in [1.165, 1.54) is 24.8 Å². The number of likely N-dealkylation sites (tertiary alicyclic amines) is 1. The highest BCUT2D eigenvalue weighted by Crippen LogP contribution is 2.19. The van der Waals surface area contributed by atoms with Crippen LogP contribution in [0.5, 0.6) is 0 Å². The molecule has 1 saturated heterocycles. The van der Waals surface area contributed by atoms with E-state index in [1.807, 2.05) is 42.7 Å². The molecule has 0 spiro atoms. The van der Waals surface area contributed by atoms with Gasteiger partial charge in [-0.15, -0.1) is 11.8 Å². The molecule has 28 heavy (non-hydrogen) atoms. The first-order valence-electron chi connectivity index (χ1n) is 9.68. The Morgan fingerprint density at radius 3 is 2.46 bits per heavy atom. The maximum atomic E-state index is 12.2. The first-order chi connectivity index (χ1) is 13.7. The third-order valence-corrected chi connectivity index (χ3v) is 5.66. The van der Waals surface area contributed by atoms with Gasteiger partial charge in [-0.3, -0.25) is 14.5 Å². The molecule has 5 nitrogen and oxygen atoms in total. The van der Waals surface area contributed by atoms with Crippen LogP contribution in [0.4, 0.5) is 5.69 Å². The number of hydrogen-bond donors (Lipinski definition) is 2. The van der Waals surface area contributed by atoms with Crippen molar-refractivity contribution < 1.29 is 9.59 Å². The monoisotopic (exact) mass is 397 g/mol. The molecular weight excluding hydrogens is 370 g/mol. The predicted molar refractivity (Wildman–Crippen MR) is 114 cm³/mol. The van der Waals surface area contributed by atoms with Crippen LogP contribution in [0.1, 0.15) is 30.4 Å². The van der Waals surface area contributed by atoms with E-state index in [0.717, 1.165) is 30.1 Å². The first kappa shape index (κ1) is 20.4. The largest absolute Gasteiger partial charge is 0.344 e. The number of anilines is 1. The van der Waals surface area contributed by atoms with Gasteiger partial charge in [-0.25, -0.2) is 0 Å². The molecule has 148 valence electrons. The minimum absolute atomic E-state index is 0.348. The summed E-state index contributed by atoms with van der Waals surface area (Å²) < 4.78 is 0. The van der Waals surface area contributed by atoms with Crippen LogP contribution in [0.2, 0.25) is 0 Å². The highest BCUT2D eigenvalue weighted by Gasteiger charge is 2.16. The summed E-state index contributed by atoms with van der Waals surface area (Å²) in [6.45, 7) is 3.48. The summed E-state index contributed by atoms with van der Waals surface area (Å²) in [5.74, 6) is -1.27. The minimum atomic E-state index is -0.647. The van der Waals surface area contributed by atoms with Gasteiger partial charge in [0.15, 0.2) is 0 Å². The van der Waals surface area contributed by atoms with Gasteiger partial charge in [-0.1, -0.05) is 36.8 Å². The Labute approximate surface area is 170 Å². The second-order valence-electron chi connectivity index (χ2n) is 6.97. The maximum absolute atomic E-state index is 12.2. The van der Waals surface area contributed by atoms with Crippen LogP contribution in [-0.4, -0.2) is 36.1 Å². The number of nitrogens with one attached hydrogen (secondary N) is 2. The summed E-state index contributed by atoms with van der Waals surface area (Å²) in [5, 5.41) is 5.41. The van der Waals surface area contributed by atoms with E-state index in [4.69, 9.17) is 0 Å². The highest BCUT2D eigenvalue weighted by molar-refractivity contribution is 7.98. The lowest BCUT2D eigenvalue weighted by Crippen LogP contribution is -2.35. The lowest BCUT2D eigenvalue weighted by Gasteiger charge is -2.27. The number of amides is 2. The molecule has 6 heteroatoms. The SMILES string of the molecule is CSc1cccc(NC(=O)C(=O)NCc2ccccc2CN2CCCCC2)c1. The van der Waals surface area contributed by atoms with Crippen molar-refractivity contribution in [3.05, 3.63) is 59.7 Å². The molecule has 1 aliphatic heterocycles. The number of carbonyl (C=O) groups is 2. The van der Waals surface area contributed by atoms with Crippen molar-refractivity contribution in [2.24, 2.45) is 0 Å². The molecule has 2 aromatic rings. The number of thioether (sulfide) groups is 1. The summed E-state index contributed by atoms with van der Waals surface area (Å²) in [7, 11) is 0. The van der Waals surface area contributed by atoms with Gasteiger partial charge >= 0.3 is 11.8 Å². The molecule has 0 radical (unpaired) electrons. The number of benzene rings is 2. The first-order valence-corrected chi connectivity index (χ1v) is 10.9. The molecule has 0 saturated carbocycles. The smallest absolute Gasteiger partial charge is 0.313 e. The lowest BCUT2D eigenvalue weighted by molar-refractivity contribution is -0.136. The molecule has 0 bridgehead atoms. The van der Waals surface area contributed by atoms with Gasteiger partial charge in [0.1, 0.15) is 0 Å². The van der Waals surface area contributed by atoms with Crippen LogP contribution < -0.4 is 10.6 Å². The van der Waals surface area contributed by atoms with Crippen molar-refractivity contribution in [3.63, 3.8) is 0 Å². The Balaban J connectivity index is 1.55. The van der Waals surface area contributed by atoms with E-state index < -0.39 is 11.8 Å². The van der Waals surface area contributed by atoms with Crippen LogP contribution in [0.15, 0.2) is 53.4 Å². The van der Waals surface area contributed by atoms with Gasteiger partial charge in [-0.05, 0) is 61.5 Å². The van der Waals surface area contributed by atoms with E-state index >= 15 is 0 Å². The lowest BCUT2D eigenvalue weighted by atomic mass is 10.0. The van der Waals surface area contributed by atoms with Crippen LogP contribution in [-0.2, 0) is 22.7 Å². The Bertz CT molecular complexity index is 819. The molecule has 0 atom stereocenters. The summed E-state index contributed by atoms with van der Waals surface area (Å²) in [6.07, 6.45) is 5.77. The van der Waals surface area contributed by atoms with Gasteiger partial charge in [-0.2, -0.15) is 0 Å². The molecule has 1 aliphatic rings. The number of piperidine rings is 1. The number of hydrogen-bond acceptors (Lipinski definition) is 4. The molecule has 0 aromatic heterocycles. The fourth-order valence-electron chi connectivity index (χ4n) is 3.39. The summed E-state index contributed by atoms with van der Waals surface area (Å²) >= 11 is 1.59. The quantitative estimate of drug-likeness (QED) is 0.577. The predicted octanol–water partition coefficient (Wildman–Crippen LogP) is 3.65. The van der Waals surface area contributed by atoms with Gasteiger partial charge in [0, 0.05) is 23.7 Å². The Morgan fingerprint density at radius 2 is 1.71 bits per heavy atom. The van der Waals surface area contributed by atoms with Gasteiger partial charge in [0.05, 0.1) is 0 Å². The zero-order valence-corrected chi connectivity index (χ0v) is 17.1. The standard InChI is InChI=1S/C22H27N3O2S/c1-28-20-11-7-10-19(14-20)24-22(27)21(26)23-15-17-8-3-4-9-18(17)16-25-12-5-2-6-13-25/h3-4,7-11,14H,2,5-6,12-13,15-16H2,1H3,(H,23,26)(H,24,27). The molecule has 2 amide bonds. The molecular formula is C22H27N3O2S. The van der Waals surface area contributed by atoms with E-state index in [2.05, 4.69) is 21.6 Å². The van der Waals surface area contributed by atoms with Crippen molar-refractivity contribution >= 4 is 29.3 Å². The third kappa shape index (κ3) is 5.84. The Hall–Kier alpha value is -2.31. The van der Waals surface area contributed by atoms with E-state index in [1.54, 1.807) is 17.8 Å². The average Bonchev–Trinajstić information content (AvgIpc) is 2.73. The van der Waals surface area contributed by atoms with Crippen LogP contribution in [0, 0.1) is 0 Å². The summed E-state index contributed by atoms with van der Waals surface area (Å²) in [4.78, 5) is 27.9. The number of nitrogens with zero attached hydrogens (tertiary/aromatic N) is 1. The van der Waals surface area contributed by atoms with Crippen molar-refractivity contribution in [1.82, 2.24) is 10.2 Å². The molecule has 1 heterocycles. The van der Waals surface area contributed by atoms with Crippen molar-refractivity contribution in [2.45, 2.75) is 37.2 Å². The van der Waals surface area contributed by atoms with Crippen LogP contribution in [0.3, 0.4) is 0 Å². The molecule has 3 rings (SSSR count). The molecule has 0 unspecified atom stereocenters. The second-order valence-corrected chi connectivity index (χ2v) is 7.85. The van der Waals surface area contributed by atoms with E-state index in [9.17, 15) is 9.59 Å². The van der Waals surface area contributed by atoms with Gasteiger partial charge < -0.3 is 10.6 Å². The number of rotatable bonds is 6. The van der Waals surface area contributed by atoms with Gasteiger partial charge in [0.25, 0.3) is 0 Å². The Morgan fingerprint density at radius 1 is 0.964 bits per heavy atom. The maximum Gasteiger partial charge on any atom is 0.313 e. The molecule has 1 fully saturated rings. The molecule has 2 aromatic carbocycles.